The van der Waals surface area contributed by atoms with Crippen molar-refractivity contribution in [1.29, 1.82) is 0 Å². The van der Waals surface area contributed by atoms with Crippen LogP contribution in [0.25, 0.3) is 0 Å². The third kappa shape index (κ3) is 2.38. The number of hydrogen-bond acceptors (Lipinski definition) is 2. The van der Waals surface area contributed by atoms with Crippen molar-refractivity contribution >= 4 is 0 Å². The van der Waals surface area contributed by atoms with Crippen LogP contribution in [0, 0.1) is 0 Å². The molecule has 2 nitrogen and oxygen atoms in total. The van der Waals surface area contributed by atoms with E-state index < -0.39 is 0 Å². The minimum atomic E-state index is -0.217. The lowest BCUT2D eigenvalue weighted by atomic mass is 9.87. The van der Waals surface area contributed by atoms with Gasteiger partial charge in [0.05, 0.1) is 5.60 Å². The summed E-state index contributed by atoms with van der Waals surface area (Å²) in [6.45, 7) is 7.63. The van der Waals surface area contributed by atoms with E-state index in [1.54, 1.807) is 7.11 Å². The first-order valence-corrected chi connectivity index (χ1v) is 6.39. The molecule has 94 valence electrons. The molecule has 2 heteroatoms. The highest BCUT2D eigenvalue weighted by atomic mass is 16.5. The third-order valence-corrected chi connectivity index (χ3v) is 4.07. The summed E-state index contributed by atoms with van der Waals surface area (Å²) in [7, 11) is 1.77. The Morgan fingerprint density at radius 2 is 2.12 bits per heavy atom. The SMILES string of the molecule is COC(C)(C)c1cccc(C2(C)CCCN2)c1. The van der Waals surface area contributed by atoms with E-state index in [1.165, 1.54) is 24.0 Å². The fraction of sp³-hybridized carbons (Fsp3) is 0.600. The van der Waals surface area contributed by atoms with Crippen molar-refractivity contribution in [2.45, 2.75) is 44.8 Å². The molecule has 0 aliphatic carbocycles. The van der Waals surface area contributed by atoms with E-state index in [0.717, 1.165) is 6.54 Å². The van der Waals surface area contributed by atoms with Crippen LogP contribution in [0.3, 0.4) is 0 Å². The molecule has 1 heterocycles. The van der Waals surface area contributed by atoms with Crippen LogP contribution in [0.4, 0.5) is 0 Å². The Morgan fingerprint density at radius 3 is 2.71 bits per heavy atom. The molecular weight excluding hydrogens is 210 g/mol. The summed E-state index contributed by atoms with van der Waals surface area (Å²) in [5, 5.41) is 3.61. The van der Waals surface area contributed by atoms with Crippen molar-refractivity contribution in [3.05, 3.63) is 35.4 Å². The molecule has 1 aromatic carbocycles. The number of hydrogen-bond donors (Lipinski definition) is 1. The number of nitrogens with one attached hydrogen (secondary N) is 1. The maximum atomic E-state index is 5.55. The molecule has 0 bridgehead atoms. The molecule has 1 fully saturated rings. The normalized spacial score (nSPS) is 25.2. The third-order valence-electron chi connectivity index (χ3n) is 4.07. The average molecular weight is 233 g/mol. The largest absolute Gasteiger partial charge is 0.374 e. The maximum absolute atomic E-state index is 5.55. The second-order valence-corrected chi connectivity index (χ2v) is 5.66. The van der Waals surface area contributed by atoms with Crippen molar-refractivity contribution in [2.24, 2.45) is 0 Å². The van der Waals surface area contributed by atoms with Crippen LogP contribution in [-0.4, -0.2) is 13.7 Å². The molecule has 0 amide bonds. The molecule has 0 radical (unpaired) electrons. The minimum Gasteiger partial charge on any atom is -0.374 e. The Morgan fingerprint density at radius 1 is 1.35 bits per heavy atom. The molecule has 2 rings (SSSR count). The minimum absolute atomic E-state index is 0.139. The summed E-state index contributed by atoms with van der Waals surface area (Å²) in [6.07, 6.45) is 2.47. The van der Waals surface area contributed by atoms with Crippen LogP contribution in [0.15, 0.2) is 24.3 Å². The highest BCUT2D eigenvalue weighted by Crippen LogP contribution is 2.33. The molecule has 0 saturated carbocycles. The van der Waals surface area contributed by atoms with E-state index in [4.69, 9.17) is 4.74 Å². The second-order valence-electron chi connectivity index (χ2n) is 5.66. The Kier molecular flexibility index (Phi) is 3.28. The van der Waals surface area contributed by atoms with Gasteiger partial charge in [0.2, 0.25) is 0 Å². The van der Waals surface area contributed by atoms with Gasteiger partial charge in [-0.2, -0.15) is 0 Å². The van der Waals surface area contributed by atoms with Crippen LogP contribution in [0.5, 0.6) is 0 Å². The number of rotatable bonds is 3. The number of ether oxygens (including phenoxy) is 1. The first-order valence-electron chi connectivity index (χ1n) is 6.39. The van der Waals surface area contributed by atoms with Crippen LogP contribution in [0.1, 0.15) is 44.7 Å². The summed E-state index contributed by atoms with van der Waals surface area (Å²) < 4.78 is 5.55. The molecule has 1 unspecified atom stereocenters. The van der Waals surface area contributed by atoms with Crippen molar-refractivity contribution in [1.82, 2.24) is 5.32 Å². The maximum Gasteiger partial charge on any atom is 0.0871 e. The van der Waals surface area contributed by atoms with Crippen molar-refractivity contribution in [3.8, 4) is 0 Å². The van der Waals surface area contributed by atoms with Crippen LogP contribution >= 0.6 is 0 Å². The van der Waals surface area contributed by atoms with Gasteiger partial charge in [-0.05, 0) is 51.3 Å². The van der Waals surface area contributed by atoms with Gasteiger partial charge in [0.15, 0.2) is 0 Å². The molecule has 0 spiro atoms. The lowest BCUT2D eigenvalue weighted by molar-refractivity contribution is 0.0191. The molecule has 1 aliphatic heterocycles. The number of methoxy groups -OCH3 is 1. The van der Waals surface area contributed by atoms with E-state index >= 15 is 0 Å². The van der Waals surface area contributed by atoms with Crippen LogP contribution in [0.2, 0.25) is 0 Å². The molecule has 1 atom stereocenters. The van der Waals surface area contributed by atoms with E-state index in [1.807, 2.05) is 0 Å². The highest BCUT2D eigenvalue weighted by Gasteiger charge is 2.31. The topological polar surface area (TPSA) is 21.3 Å². The van der Waals surface area contributed by atoms with Gasteiger partial charge in [-0.1, -0.05) is 24.3 Å². The summed E-state index contributed by atoms with van der Waals surface area (Å²) in [5.41, 5.74) is 2.54. The average Bonchev–Trinajstić information content (AvgIpc) is 2.78. The fourth-order valence-electron chi connectivity index (χ4n) is 2.50. The van der Waals surface area contributed by atoms with Gasteiger partial charge < -0.3 is 10.1 Å². The Hall–Kier alpha value is -0.860. The Balaban J connectivity index is 2.35. The highest BCUT2D eigenvalue weighted by molar-refractivity contribution is 5.32. The molecule has 1 N–H and O–H groups in total. The zero-order valence-corrected chi connectivity index (χ0v) is 11.3. The fourth-order valence-corrected chi connectivity index (χ4v) is 2.50. The van der Waals surface area contributed by atoms with Crippen molar-refractivity contribution < 1.29 is 4.74 Å². The van der Waals surface area contributed by atoms with Gasteiger partial charge in [-0.25, -0.2) is 0 Å². The molecule has 1 aromatic rings. The van der Waals surface area contributed by atoms with Crippen molar-refractivity contribution in [3.63, 3.8) is 0 Å². The lowest BCUT2D eigenvalue weighted by Crippen LogP contribution is -2.33. The van der Waals surface area contributed by atoms with Gasteiger partial charge in [0.1, 0.15) is 0 Å². The van der Waals surface area contributed by atoms with Gasteiger partial charge in [0.25, 0.3) is 0 Å². The van der Waals surface area contributed by atoms with Gasteiger partial charge in [-0.15, -0.1) is 0 Å². The van der Waals surface area contributed by atoms with E-state index in [0.29, 0.717) is 0 Å². The summed E-state index contributed by atoms with van der Waals surface area (Å²) in [4.78, 5) is 0. The van der Waals surface area contributed by atoms with E-state index in [-0.39, 0.29) is 11.1 Å². The predicted octanol–water partition coefficient (Wildman–Crippen LogP) is 3.17. The lowest BCUT2D eigenvalue weighted by Gasteiger charge is -2.29. The molecule has 1 saturated heterocycles. The first kappa shape index (κ1) is 12.6. The zero-order chi connectivity index (χ0) is 12.5. The molecule has 0 aromatic heterocycles. The second kappa shape index (κ2) is 4.43. The molecule has 17 heavy (non-hydrogen) atoms. The first-order chi connectivity index (χ1) is 7.98. The predicted molar refractivity (Wildman–Crippen MR) is 71.1 cm³/mol. The van der Waals surface area contributed by atoms with Crippen molar-refractivity contribution in [2.75, 3.05) is 13.7 Å². The van der Waals surface area contributed by atoms with Crippen LogP contribution in [-0.2, 0) is 15.9 Å². The van der Waals surface area contributed by atoms with Crippen LogP contribution < -0.4 is 5.32 Å². The molecule has 1 aliphatic rings. The summed E-state index contributed by atoms with van der Waals surface area (Å²) >= 11 is 0. The Bertz CT molecular complexity index is 392. The van der Waals surface area contributed by atoms with Gasteiger partial charge >= 0.3 is 0 Å². The summed E-state index contributed by atoms with van der Waals surface area (Å²) in [5.74, 6) is 0. The monoisotopic (exact) mass is 233 g/mol. The number of benzene rings is 1. The zero-order valence-electron chi connectivity index (χ0n) is 11.3. The smallest absolute Gasteiger partial charge is 0.0871 e. The molecular formula is C15H23NO. The van der Waals surface area contributed by atoms with Gasteiger partial charge in [-0.3, -0.25) is 0 Å². The standard InChI is InChI=1S/C15H23NO/c1-14(2,17-4)12-7-5-8-13(11-12)15(3)9-6-10-16-15/h5,7-8,11,16H,6,9-10H2,1-4H3. The Labute approximate surface area is 104 Å². The van der Waals surface area contributed by atoms with E-state index in [9.17, 15) is 0 Å². The van der Waals surface area contributed by atoms with E-state index in [2.05, 4.69) is 50.4 Å². The summed E-state index contributed by atoms with van der Waals surface area (Å²) in [6, 6.07) is 8.78. The quantitative estimate of drug-likeness (QED) is 0.866. The van der Waals surface area contributed by atoms with Gasteiger partial charge in [0, 0.05) is 12.6 Å².